The first-order valence-corrected chi connectivity index (χ1v) is 4.77. The lowest BCUT2D eigenvalue weighted by Gasteiger charge is -2.07. The van der Waals surface area contributed by atoms with E-state index >= 15 is 0 Å². The summed E-state index contributed by atoms with van der Waals surface area (Å²) in [5, 5.41) is 8.76. The SMILES string of the molecule is COc1cc(C#N)c(I)cc1CN. The maximum absolute atomic E-state index is 8.76. The van der Waals surface area contributed by atoms with Gasteiger partial charge < -0.3 is 10.5 Å². The van der Waals surface area contributed by atoms with E-state index in [4.69, 9.17) is 15.7 Å². The van der Waals surface area contributed by atoms with Gasteiger partial charge in [0.1, 0.15) is 11.8 Å². The van der Waals surface area contributed by atoms with E-state index in [0.717, 1.165) is 9.13 Å². The van der Waals surface area contributed by atoms with Gasteiger partial charge in [0.2, 0.25) is 0 Å². The lowest BCUT2D eigenvalue weighted by Crippen LogP contribution is -2.01. The van der Waals surface area contributed by atoms with Crippen LogP contribution in [-0.2, 0) is 6.54 Å². The minimum absolute atomic E-state index is 0.422. The van der Waals surface area contributed by atoms with Gasteiger partial charge >= 0.3 is 0 Å². The van der Waals surface area contributed by atoms with Crippen molar-refractivity contribution in [1.29, 1.82) is 5.26 Å². The second-order valence-corrected chi connectivity index (χ2v) is 3.62. The quantitative estimate of drug-likeness (QED) is 0.841. The van der Waals surface area contributed by atoms with Crippen LogP contribution in [0.1, 0.15) is 11.1 Å². The molecule has 0 heterocycles. The molecule has 0 unspecified atom stereocenters. The highest BCUT2D eigenvalue weighted by Gasteiger charge is 2.06. The Balaban J connectivity index is 3.28. The van der Waals surface area contributed by atoms with E-state index in [1.165, 1.54) is 0 Å². The molecule has 0 saturated heterocycles. The van der Waals surface area contributed by atoms with Crippen molar-refractivity contribution in [2.24, 2.45) is 5.73 Å². The van der Waals surface area contributed by atoms with Crippen molar-refractivity contribution in [2.45, 2.75) is 6.54 Å². The highest BCUT2D eigenvalue weighted by molar-refractivity contribution is 14.1. The first-order chi connectivity index (χ1) is 6.22. The first kappa shape index (κ1) is 10.3. The largest absolute Gasteiger partial charge is 0.496 e. The van der Waals surface area contributed by atoms with Crippen molar-refractivity contribution in [3.63, 3.8) is 0 Å². The number of hydrogen-bond acceptors (Lipinski definition) is 3. The van der Waals surface area contributed by atoms with E-state index in [-0.39, 0.29) is 0 Å². The van der Waals surface area contributed by atoms with Crippen LogP contribution in [0.2, 0.25) is 0 Å². The highest BCUT2D eigenvalue weighted by atomic mass is 127. The number of nitriles is 1. The third-order valence-corrected chi connectivity index (χ3v) is 2.60. The van der Waals surface area contributed by atoms with Gasteiger partial charge in [-0.3, -0.25) is 0 Å². The second kappa shape index (κ2) is 4.44. The van der Waals surface area contributed by atoms with Gasteiger partial charge in [-0.15, -0.1) is 0 Å². The third kappa shape index (κ3) is 2.11. The van der Waals surface area contributed by atoms with Gasteiger partial charge in [0.15, 0.2) is 0 Å². The van der Waals surface area contributed by atoms with E-state index in [2.05, 4.69) is 28.7 Å². The van der Waals surface area contributed by atoms with E-state index in [0.29, 0.717) is 17.9 Å². The van der Waals surface area contributed by atoms with Crippen LogP contribution in [0.5, 0.6) is 5.75 Å². The maximum Gasteiger partial charge on any atom is 0.124 e. The smallest absolute Gasteiger partial charge is 0.124 e. The zero-order valence-electron chi connectivity index (χ0n) is 7.17. The van der Waals surface area contributed by atoms with Crippen molar-refractivity contribution in [2.75, 3.05) is 7.11 Å². The fraction of sp³-hybridized carbons (Fsp3) is 0.222. The molecule has 1 rings (SSSR count). The molecule has 4 heteroatoms. The Morgan fingerprint density at radius 1 is 1.62 bits per heavy atom. The lowest BCUT2D eigenvalue weighted by molar-refractivity contribution is 0.409. The Kier molecular flexibility index (Phi) is 3.51. The van der Waals surface area contributed by atoms with Gasteiger partial charge in [-0.05, 0) is 34.7 Å². The highest BCUT2D eigenvalue weighted by Crippen LogP contribution is 2.23. The van der Waals surface area contributed by atoms with E-state index in [9.17, 15) is 0 Å². The average molecular weight is 288 g/mol. The summed E-state index contributed by atoms with van der Waals surface area (Å²) in [7, 11) is 1.57. The molecule has 0 amide bonds. The fourth-order valence-electron chi connectivity index (χ4n) is 1.03. The summed E-state index contributed by atoms with van der Waals surface area (Å²) in [6.07, 6.45) is 0. The van der Waals surface area contributed by atoms with Crippen molar-refractivity contribution in [3.8, 4) is 11.8 Å². The van der Waals surface area contributed by atoms with Gasteiger partial charge in [0.25, 0.3) is 0 Å². The van der Waals surface area contributed by atoms with Gasteiger partial charge in [0.05, 0.1) is 12.7 Å². The second-order valence-electron chi connectivity index (χ2n) is 2.46. The molecule has 0 aliphatic rings. The van der Waals surface area contributed by atoms with Crippen molar-refractivity contribution in [3.05, 3.63) is 26.8 Å². The van der Waals surface area contributed by atoms with E-state index < -0.39 is 0 Å². The summed E-state index contributed by atoms with van der Waals surface area (Å²) in [5.41, 5.74) is 7.06. The Morgan fingerprint density at radius 2 is 2.31 bits per heavy atom. The molecule has 0 fully saturated rings. The minimum atomic E-state index is 0.422. The molecule has 3 nitrogen and oxygen atoms in total. The molecular formula is C9H9IN2O. The van der Waals surface area contributed by atoms with Gasteiger partial charge in [0, 0.05) is 15.7 Å². The molecule has 1 aromatic carbocycles. The van der Waals surface area contributed by atoms with Crippen LogP contribution in [0.4, 0.5) is 0 Å². The van der Waals surface area contributed by atoms with Crippen molar-refractivity contribution >= 4 is 22.6 Å². The lowest BCUT2D eigenvalue weighted by atomic mass is 10.1. The summed E-state index contributed by atoms with van der Waals surface area (Å²) in [6, 6.07) is 5.68. The minimum Gasteiger partial charge on any atom is -0.496 e. The van der Waals surface area contributed by atoms with Crippen LogP contribution in [0.15, 0.2) is 12.1 Å². The monoisotopic (exact) mass is 288 g/mol. The fourth-order valence-corrected chi connectivity index (χ4v) is 1.68. The number of nitrogens with zero attached hydrogens (tertiary/aromatic N) is 1. The van der Waals surface area contributed by atoms with Gasteiger partial charge in [-0.25, -0.2) is 0 Å². The predicted molar refractivity (Wildman–Crippen MR) is 58.3 cm³/mol. The van der Waals surface area contributed by atoms with Crippen LogP contribution in [0, 0.1) is 14.9 Å². The maximum atomic E-state index is 8.76. The van der Waals surface area contributed by atoms with E-state index in [1.807, 2.05) is 6.07 Å². The Bertz CT molecular complexity index is 357. The number of methoxy groups -OCH3 is 1. The molecule has 0 aliphatic carbocycles. The summed E-state index contributed by atoms with van der Waals surface area (Å²) in [6.45, 7) is 0.422. The molecule has 0 spiro atoms. The molecule has 13 heavy (non-hydrogen) atoms. The summed E-state index contributed by atoms with van der Waals surface area (Å²) >= 11 is 2.11. The number of nitrogens with two attached hydrogens (primary N) is 1. The molecule has 68 valence electrons. The Morgan fingerprint density at radius 3 is 2.77 bits per heavy atom. The molecule has 0 aromatic heterocycles. The molecule has 0 atom stereocenters. The van der Waals surface area contributed by atoms with Crippen LogP contribution < -0.4 is 10.5 Å². The molecule has 0 aliphatic heterocycles. The molecule has 0 radical (unpaired) electrons. The van der Waals surface area contributed by atoms with Crippen molar-refractivity contribution < 1.29 is 4.74 Å². The van der Waals surface area contributed by atoms with Crippen LogP contribution >= 0.6 is 22.6 Å². The number of hydrogen-bond donors (Lipinski definition) is 1. The summed E-state index contributed by atoms with van der Waals surface area (Å²) in [4.78, 5) is 0. The van der Waals surface area contributed by atoms with Crippen LogP contribution in [0.25, 0.3) is 0 Å². The predicted octanol–water partition coefficient (Wildman–Crippen LogP) is 1.63. The zero-order valence-corrected chi connectivity index (χ0v) is 9.33. The van der Waals surface area contributed by atoms with Gasteiger partial charge in [-0.2, -0.15) is 5.26 Å². The zero-order chi connectivity index (χ0) is 9.84. The average Bonchev–Trinajstić information content (AvgIpc) is 2.17. The molecule has 2 N–H and O–H groups in total. The molecule has 1 aromatic rings. The molecule has 0 saturated carbocycles. The van der Waals surface area contributed by atoms with Crippen molar-refractivity contribution in [1.82, 2.24) is 0 Å². The Hall–Kier alpha value is -0.800. The van der Waals surface area contributed by atoms with Gasteiger partial charge in [-0.1, -0.05) is 0 Å². The molecular weight excluding hydrogens is 279 g/mol. The van der Waals surface area contributed by atoms with E-state index in [1.54, 1.807) is 13.2 Å². The van der Waals surface area contributed by atoms with Crippen LogP contribution in [-0.4, -0.2) is 7.11 Å². The summed E-state index contributed by atoms with van der Waals surface area (Å²) < 4.78 is 6.00. The summed E-state index contributed by atoms with van der Waals surface area (Å²) in [5.74, 6) is 0.680. The number of benzene rings is 1. The van der Waals surface area contributed by atoms with Crippen LogP contribution in [0.3, 0.4) is 0 Å². The third-order valence-electron chi connectivity index (χ3n) is 1.71. The Labute approximate surface area is 90.6 Å². The number of halogens is 1. The normalized spacial score (nSPS) is 9.38. The standard InChI is InChI=1S/C9H9IN2O/c1-13-9-3-6(4-11)8(10)2-7(9)5-12/h2-3H,5,12H2,1H3. The topological polar surface area (TPSA) is 59.0 Å². The number of ether oxygens (including phenoxy) is 1. The number of rotatable bonds is 2. The first-order valence-electron chi connectivity index (χ1n) is 3.69. The molecule has 0 bridgehead atoms.